The van der Waals surface area contributed by atoms with Crippen LogP contribution in [0.5, 0.6) is 0 Å². The molecule has 90 valence electrons. The number of nitrogens with two attached hydrogens (primary N) is 1. The molecular weight excluding hydrogens is 277 g/mol. The maximum atomic E-state index is 6.00. The number of rotatable bonds is 1. The summed E-state index contributed by atoms with van der Waals surface area (Å²) in [5.41, 5.74) is 7.34. The molecule has 0 atom stereocenters. The molecule has 2 aromatic rings. The van der Waals surface area contributed by atoms with E-state index < -0.39 is 4.84 Å². The van der Waals surface area contributed by atoms with Crippen LogP contribution in [0.15, 0.2) is 0 Å². The number of hydrogen-bond donors (Lipinski definition) is 1. The topological polar surface area (TPSA) is 51.8 Å². The molecule has 6 heteroatoms. The van der Waals surface area contributed by atoms with Crippen molar-refractivity contribution in [1.82, 2.24) is 9.97 Å². The molecule has 0 aromatic carbocycles. The first-order valence-corrected chi connectivity index (χ1v) is 7.21. The first-order chi connectivity index (χ1) is 8.16. The van der Waals surface area contributed by atoms with Crippen LogP contribution >= 0.6 is 34.5 Å². The average Bonchev–Trinajstić information content (AvgIpc) is 2.67. The first-order valence-electron chi connectivity index (χ1n) is 5.52. The Kier molecular flexibility index (Phi) is 2.89. The maximum absolute atomic E-state index is 6.00. The van der Waals surface area contributed by atoms with Crippen molar-refractivity contribution in [3.8, 4) is 0 Å². The van der Waals surface area contributed by atoms with Crippen LogP contribution in [0.2, 0.25) is 0 Å². The number of nitrogen functional groups attached to an aromatic ring is 1. The molecule has 2 aromatic heterocycles. The Balaban J connectivity index is 2.27. The summed E-state index contributed by atoms with van der Waals surface area (Å²) < 4.78 is 0. The summed E-state index contributed by atoms with van der Waals surface area (Å²) in [6.07, 6.45) is 4.66. The van der Waals surface area contributed by atoms with Gasteiger partial charge in [0.2, 0.25) is 0 Å². The summed E-state index contributed by atoms with van der Waals surface area (Å²) in [6, 6.07) is 0. The molecule has 17 heavy (non-hydrogen) atoms. The summed E-state index contributed by atoms with van der Waals surface area (Å²) in [4.78, 5) is 10.2. The second-order valence-corrected chi connectivity index (χ2v) is 6.34. The molecule has 0 saturated heterocycles. The summed E-state index contributed by atoms with van der Waals surface area (Å²) in [5.74, 6) is 0.910. The van der Waals surface area contributed by atoms with Gasteiger partial charge in [0.25, 0.3) is 0 Å². The van der Waals surface area contributed by atoms with Crippen molar-refractivity contribution in [1.29, 1.82) is 0 Å². The van der Waals surface area contributed by atoms with Gasteiger partial charge in [-0.05, 0) is 31.2 Å². The average molecular weight is 288 g/mol. The van der Waals surface area contributed by atoms with Crippen molar-refractivity contribution in [2.45, 2.75) is 30.5 Å². The Hall–Kier alpha value is -0.580. The van der Waals surface area contributed by atoms with E-state index in [0.717, 1.165) is 23.1 Å². The molecule has 1 aliphatic rings. The number of hydrogen-bond acceptors (Lipinski definition) is 4. The minimum atomic E-state index is -0.721. The fraction of sp³-hybridized carbons (Fsp3) is 0.455. The van der Waals surface area contributed by atoms with E-state index in [4.69, 9.17) is 28.9 Å². The zero-order valence-electron chi connectivity index (χ0n) is 9.04. The first kappa shape index (κ1) is 11.5. The molecule has 0 bridgehead atoms. The van der Waals surface area contributed by atoms with E-state index in [1.165, 1.54) is 23.3 Å². The fourth-order valence-corrected chi connectivity index (χ4v) is 3.77. The molecule has 0 aliphatic heterocycles. The van der Waals surface area contributed by atoms with Gasteiger partial charge in [-0.3, -0.25) is 0 Å². The third kappa shape index (κ3) is 1.88. The summed E-state index contributed by atoms with van der Waals surface area (Å²) in [5, 5.41) is 1.02. The Labute approximate surface area is 113 Å². The molecule has 3 rings (SSSR count). The molecule has 1 aliphatic carbocycles. The van der Waals surface area contributed by atoms with Gasteiger partial charge in [-0.2, -0.15) is 0 Å². The number of aryl methyl sites for hydroxylation is 2. The van der Waals surface area contributed by atoms with E-state index in [1.807, 2.05) is 0 Å². The Bertz CT molecular complexity index is 580. The lowest BCUT2D eigenvalue weighted by molar-refractivity contribution is 0.700. The fourth-order valence-electron chi connectivity index (χ4n) is 2.30. The molecular formula is C11H11Cl2N3S. The number of fused-ring (bicyclic) bond motifs is 3. The molecule has 3 nitrogen and oxygen atoms in total. The van der Waals surface area contributed by atoms with Crippen molar-refractivity contribution in [3.05, 3.63) is 16.3 Å². The highest BCUT2D eigenvalue weighted by Gasteiger charge is 2.21. The normalized spacial score (nSPS) is 15.5. The molecule has 0 spiro atoms. The smallest absolute Gasteiger partial charge is 0.167 e. The summed E-state index contributed by atoms with van der Waals surface area (Å²) in [6.45, 7) is 0. The number of alkyl halides is 2. The molecule has 0 radical (unpaired) electrons. The highest BCUT2D eigenvalue weighted by molar-refractivity contribution is 7.19. The second-order valence-electron chi connectivity index (χ2n) is 4.16. The lowest BCUT2D eigenvalue weighted by Crippen LogP contribution is -2.02. The third-order valence-corrected chi connectivity index (χ3v) is 4.63. The zero-order chi connectivity index (χ0) is 12.0. The quantitative estimate of drug-likeness (QED) is 0.815. The van der Waals surface area contributed by atoms with Crippen LogP contribution < -0.4 is 5.73 Å². The molecule has 0 saturated carbocycles. The monoisotopic (exact) mass is 287 g/mol. The van der Waals surface area contributed by atoms with Crippen molar-refractivity contribution in [3.63, 3.8) is 0 Å². The predicted molar refractivity (Wildman–Crippen MR) is 72.9 cm³/mol. The van der Waals surface area contributed by atoms with Crippen molar-refractivity contribution >= 4 is 50.6 Å². The molecule has 0 unspecified atom stereocenters. The Morgan fingerprint density at radius 2 is 1.94 bits per heavy atom. The predicted octanol–water partition coefficient (Wildman–Crippen LogP) is 3.63. The Morgan fingerprint density at radius 3 is 2.71 bits per heavy atom. The minimum absolute atomic E-state index is 0.400. The van der Waals surface area contributed by atoms with Crippen LogP contribution in [0.3, 0.4) is 0 Å². The van der Waals surface area contributed by atoms with Gasteiger partial charge in [0.1, 0.15) is 10.6 Å². The van der Waals surface area contributed by atoms with Gasteiger partial charge in [-0.25, -0.2) is 9.97 Å². The van der Waals surface area contributed by atoms with E-state index >= 15 is 0 Å². The lowest BCUT2D eigenvalue weighted by atomic mass is 9.97. The van der Waals surface area contributed by atoms with E-state index in [-0.39, 0.29) is 0 Å². The molecule has 0 amide bonds. The van der Waals surface area contributed by atoms with Gasteiger partial charge in [0.05, 0.1) is 5.39 Å². The van der Waals surface area contributed by atoms with Gasteiger partial charge in [0.15, 0.2) is 10.7 Å². The number of halogens is 2. The highest BCUT2D eigenvalue weighted by atomic mass is 35.5. The molecule has 0 fully saturated rings. The third-order valence-electron chi connectivity index (χ3n) is 3.06. The van der Waals surface area contributed by atoms with Crippen LogP contribution in [0.25, 0.3) is 10.2 Å². The summed E-state index contributed by atoms with van der Waals surface area (Å²) in [7, 11) is 0. The van der Waals surface area contributed by atoms with Gasteiger partial charge >= 0.3 is 0 Å². The molecule has 2 N–H and O–H groups in total. The SMILES string of the molecule is Nc1nc(C(Cl)Cl)nc2sc3c(c12)CCCC3. The van der Waals surface area contributed by atoms with Crippen LogP contribution in [-0.4, -0.2) is 9.97 Å². The second kappa shape index (κ2) is 4.26. The maximum Gasteiger partial charge on any atom is 0.167 e. The van der Waals surface area contributed by atoms with E-state index in [1.54, 1.807) is 11.3 Å². The van der Waals surface area contributed by atoms with Crippen LogP contribution in [0.1, 0.15) is 33.9 Å². The minimum Gasteiger partial charge on any atom is -0.383 e. The Morgan fingerprint density at radius 1 is 1.18 bits per heavy atom. The lowest BCUT2D eigenvalue weighted by Gasteiger charge is -2.10. The van der Waals surface area contributed by atoms with Gasteiger partial charge < -0.3 is 5.73 Å². The highest BCUT2D eigenvalue weighted by Crippen LogP contribution is 2.38. The number of anilines is 1. The van der Waals surface area contributed by atoms with Crippen LogP contribution in [0.4, 0.5) is 5.82 Å². The van der Waals surface area contributed by atoms with Gasteiger partial charge in [-0.1, -0.05) is 23.2 Å². The van der Waals surface area contributed by atoms with E-state index in [0.29, 0.717) is 11.6 Å². The molecule has 2 heterocycles. The largest absolute Gasteiger partial charge is 0.383 e. The van der Waals surface area contributed by atoms with Crippen LogP contribution in [0, 0.1) is 0 Å². The van der Waals surface area contributed by atoms with Gasteiger partial charge in [-0.15, -0.1) is 11.3 Å². The standard InChI is InChI=1S/C11H11Cl2N3S/c12-8(13)10-15-9(14)7-5-3-1-2-4-6(5)17-11(7)16-10/h8H,1-4H2,(H2,14,15,16). The zero-order valence-corrected chi connectivity index (χ0v) is 11.4. The number of nitrogens with zero attached hydrogens (tertiary/aromatic N) is 2. The van der Waals surface area contributed by atoms with Crippen LogP contribution in [-0.2, 0) is 12.8 Å². The van der Waals surface area contributed by atoms with Gasteiger partial charge in [0, 0.05) is 4.88 Å². The number of thiophene rings is 1. The number of aromatic nitrogens is 2. The van der Waals surface area contributed by atoms with Crippen molar-refractivity contribution in [2.75, 3.05) is 5.73 Å². The van der Waals surface area contributed by atoms with E-state index in [9.17, 15) is 0 Å². The van der Waals surface area contributed by atoms with Crippen molar-refractivity contribution < 1.29 is 0 Å². The van der Waals surface area contributed by atoms with E-state index in [2.05, 4.69) is 9.97 Å². The van der Waals surface area contributed by atoms with Crippen molar-refractivity contribution in [2.24, 2.45) is 0 Å². The summed E-state index contributed by atoms with van der Waals surface area (Å²) >= 11 is 13.3.